The summed E-state index contributed by atoms with van der Waals surface area (Å²) in [7, 11) is 4.82. The molecule has 0 saturated heterocycles. The third-order valence-corrected chi connectivity index (χ3v) is 3.30. The fraction of sp³-hybridized carbons (Fsp3) is 0.357. The lowest BCUT2D eigenvalue weighted by molar-refractivity contribution is 0.324. The van der Waals surface area contributed by atoms with Crippen molar-refractivity contribution in [3.63, 3.8) is 0 Å². The highest BCUT2D eigenvalue weighted by molar-refractivity contribution is 7.80. The van der Waals surface area contributed by atoms with E-state index in [1.807, 2.05) is 18.3 Å². The minimum Gasteiger partial charge on any atom is -0.493 e. The van der Waals surface area contributed by atoms with Crippen LogP contribution in [0.4, 0.5) is 0 Å². The number of methoxy groups -OCH3 is 3. The van der Waals surface area contributed by atoms with Gasteiger partial charge in [-0.3, -0.25) is 0 Å². The third-order valence-electron chi connectivity index (χ3n) is 3.04. The molecular weight excluding hydrogens is 276 g/mol. The van der Waals surface area contributed by atoms with Crippen molar-refractivity contribution in [2.75, 3.05) is 27.9 Å². The molecule has 1 heterocycles. The molecule has 108 valence electrons. The smallest absolute Gasteiger partial charge is 0.203 e. The van der Waals surface area contributed by atoms with E-state index in [-0.39, 0.29) is 0 Å². The second-order valence-corrected chi connectivity index (χ2v) is 4.75. The van der Waals surface area contributed by atoms with E-state index >= 15 is 0 Å². The van der Waals surface area contributed by atoms with Crippen LogP contribution in [0.25, 0.3) is 0 Å². The molecule has 0 bridgehead atoms. The molecule has 0 amide bonds. The van der Waals surface area contributed by atoms with Gasteiger partial charge in [0.05, 0.1) is 21.3 Å². The molecule has 1 aromatic rings. The predicted molar refractivity (Wildman–Crippen MR) is 81.6 cm³/mol. The van der Waals surface area contributed by atoms with Gasteiger partial charge < -0.3 is 24.8 Å². The molecule has 0 aliphatic carbocycles. The summed E-state index contributed by atoms with van der Waals surface area (Å²) >= 11 is 5.01. The molecule has 1 aliphatic heterocycles. The van der Waals surface area contributed by atoms with Gasteiger partial charge in [0.2, 0.25) is 5.75 Å². The number of hydrogen-bond donors (Lipinski definition) is 2. The van der Waals surface area contributed by atoms with Crippen molar-refractivity contribution in [3.05, 3.63) is 29.5 Å². The second kappa shape index (κ2) is 6.47. The lowest BCUT2D eigenvalue weighted by Gasteiger charge is -2.18. The molecule has 0 fully saturated rings. The SMILES string of the molecule is COc1cc(CC2=CNC(=S)NC2)cc(OC)c1OC. The fourth-order valence-electron chi connectivity index (χ4n) is 2.08. The van der Waals surface area contributed by atoms with Crippen LogP contribution < -0.4 is 24.8 Å². The summed E-state index contributed by atoms with van der Waals surface area (Å²) in [5.41, 5.74) is 2.29. The van der Waals surface area contributed by atoms with Crippen molar-refractivity contribution in [1.29, 1.82) is 0 Å². The number of nitrogens with one attached hydrogen (secondary N) is 2. The normalized spacial score (nSPS) is 13.9. The van der Waals surface area contributed by atoms with Crippen LogP contribution in [0.1, 0.15) is 5.56 Å². The number of rotatable bonds is 5. The molecule has 0 unspecified atom stereocenters. The molecule has 2 rings (SSSR count). The van der Waals surface area contributed by atoms with E-state index in [0.717, 1.165) is 18.5 Å². The Balaban J connectivity index is 2.26. The maximum absolute atomic E-state index is 5.35. The monoisotopic (exact) mass is 294 g/mol. The Morgan fingerprint density at radius 3 is 2.20 bits per heavy atom. The standard InChI is InChI=1S/C14H18N2O3S/c1-17-11-5-9(6-12(18-2)13(11)19-3)4-10-7-15-14(20)16-8-10/h5-7H,4,8H2,1-3H3,(H2,15,16,20). The van der Waals surface area contributed by atoms with Crippen molar-refractivity contribution in [1.82, 2.24) is 10.6 Å². The Hall–Kier alpha value is -1.95. The van der Waals surface area contributed by atoms with Gasteiger partial charge in [-0.1, -0.05) is 0 Å². The van der Waals surface area contributed by atoms with E-state index in [2.05, 4.69) is 10.6 Å². The highest BCUT2D eigenvalue weighted by Gasteiger charge is 2.14. The summed E-state index contributed by atoms with van der Waals surface area (Å²) in [5.74, 6) is 1.93. The van der Waals surface area contributed by atoms with Crippen molar-refractivity contribution in [3.8, 4) is 17.2 Å². The first-order valence-corrected chi connectivity index (χ1v) is 6.60. The van der Waals surface area contributed by atoms with Gasteiger partial charge >= 0.3 is 0 Å². The van der Waals surface area contributed by atoms with Crippen LogP contribution in [-0.2, 0) is 6.42 Å². The summed E-state index contributed by atoms with van der Waals surface area (Å²) in [4.78, 5) is 0. The molecule has 2 N–H and O–H groups in total. The maximum Gasteiger partial charge on any atom is 0.203 e. The summed E-state index contributed by atoms with van der Waals surface area (Å²) in [6.07, 6.45) is 2.71. The molecule has 0 spiro atoms. The van der Waals surface area contributed by atoms with Crippen LogP contribution in [0.5, 0.6) is 17.2 Å². The van der Waals surface area contributed by atoms with Crippen LogP contribution in [-0.4, -0.2) is 33.0 Å². The number of hydrogen-bond acceptors (Lipinski definition) is 4. The Morgan fingerprint density at radius 1 is 1.10 bits per heavy atom. The Kier molecular flexibility index (Phi) is 4.68. The average molecular weight is 294 g/mol. The Labute approximate surface area is 123 Å². The first-order chi connectivity index (χ1) is 9.67. The first-order valence-electron chi connectivity index (χ1n) is 6.19. The van der Waals surface area contributed by atoms with E-state index in [0.29, 0.717) is 22.4 Å². The molecule has 0 radical (unpaired) electrons. The summed E-state index contributed by atoms with van der Waals surface area (Å²) in [6, 6.07) is 3.91. The van der Waals surface area contributed by atoms with Gasteiger partial charge in [0.1, 0.15) is 0 Å². The van der Waals surface area contributed by atoms with E-state index < -0.39 is 0 Å². The molecule has 0 aromatic heterocycles. The third kappa shape index (κ3) is 3.14. The van der Waals surface area contributed by atoms with E-state index in [9.17, 15) is 0 Å². The minimum absolute atomic E-state index is 0.605. The summed E-state index contributed by atoms with van der Waals surface area (Å²) in [6.45, 7) is 0.739. The summed E-state index contributed by atoms with van der Waals surface area (Å²) < 4.78 is 16.0. The van der Waals surface area contributed by atoms with Gasteiger partial charge in [-0.05, 0) is 41.9 Å². The first kappa shape index (κ1) is 14.5. The van der Waals surface area contributed by atoms with Crippen LogP contribution in [0.3, 0.4) is 0 Å². The lowest BCUT2D eigenvalue weighted by Crippen LogP contribution is -2.38. The Bertz CT molecular complexity index is 518. The zero-order valence-electron chi connectivity index (χ0n) is 11.8. The maximum atomic E-state index is 5.35. The Morgan fingerprint density at radius 2 is 1.75 bits per heavy atom. The van der Waals surface area contributed by atoms with Gasteiger partial charge in [-0.15, -0.1) is 0 Å². The van der Waals surface area contributed by atoms with Crippen LogP contribution >= 0.6 is 12.2 Å². The van der Waals surface area contributed by atoms with Gasteiger partial charge in [-0.2, -0.15) is 0 Å². The van der Waals surface area contributed by atoms with Gasteiger partial charge in [0, 0.05) is 12.7 Å². The lowest BCUT2D eigenvalue weighted by atomic mass is 10.0. The van der Waals surface area contributed by atoms with Crippen LogP contribution in [0.15, 0.2) is 23.9 Å². The van der Waals surface area contributed by atoms with Crippen molar-refractivity contribution in [2.24, 2.45) is 0 Å². The van der Waals surface area contributed by atoms with Crippen molar-refractivity contribution >= 4 is 17.3 Å². The highest BCUT2D eigenvalue weighted by atomic mass is 32.1. The van der Waals surface area contributed by atoms with E-state index in [1.165, 1.54) is 5.57 Å². The molecule has 1 aromatic carbocycles. The zero-order chi connectivity index (χ0) is 14.5. The van der Waals surface area contributed by atoms with E-state index in [1.54, 1.807) is 21.3 Å². The molecule has 20 heavy (non-hydrogen) atoms. The molecule has 6 heteroatoms. The minimum atomic E-state index is 0.605. The van der Waals surface area contributed by atoms with Gasteiger partial charge in [0.25, 0.3) is 0 Å². The second-order valence-electron chi connectivity index (χ2n) is 4.34. The van der Waals surface area contributed by atoms with Crippen LogP contribution in [0.2, 0.25) is 0 Å². The fourth-order valence-corrected chi connectivity index (χ4v) is 2.21. The number of thiocarbonyl (C=S) groups is 1. The number of benzene rings is 1. The van der Waals surface area contributed by atoms with Crippen LogP contribution in [0, 0.1) is 0 Å². The topological polar surface area (TPSA) is 51.8 Å². The summed E-state index contributed by atoms with van der Waals surface area (Å²) in [5, 5.41) is 6.75. The molecule has 0 saturated carbocycles. The van der Waals surface area contributed by atoms with Crippen molar-refractivity contribution in [2.45, 2.75) is 6.42 Å². The largest absolute Gasteiger partial charge is 0.493 e. The number of ether oxygens (including phenoxy) is 3. The van der Waals surface area contributed by atoms with Gasteiger partial charge in [0.15, 0.2) is 16.6 Å². The molecule has 0 atom stereocenters. The highest BCUT2D eigenvalue weighted by Crippen LogP contribution is 2.38. The molecule has 1 aliphatic rings. The zero-order valence-corrected chi connectivity index (χ0v) is 12.6. The average Bonchev–Trinajstić information content (AvgIpc) is 2.48. The quantitative estimate of drug-likeness (QED) is 0.805. The predicted octanol–water partition coefficient (Wildman–Crippen LogP) is 1.62. The molecule has 5 nitrogen and oxygen atoms in total. The van der Waals surface area contributed by atoms with Gasteiger partial charge in [-0.25, -0.2) is 0 Å². The van der Waals surface area contributed by atoms with Crippen molar-refractivity contribution < 1.29 is 14.2 Å². The van der Waals surface area contributed by atoms with E-state index in [4.69, 9.17) is 26.4 Å². The molecular formula is C14H18N2O3S.